The molecule has 1 atom stereocenters. The summed E-state index contributed by atoms with van der Waals surface area (Å²) in [4.78, 5) is 11.4. The number of aryl methyl sites for hydroxylation is 1. The van der Waals surface area contributed by atoms with Gasteiger partial charge in [0.2, 0.25) is 10.0 Å². The second-order valence-corrected chi connectivity index (χ2v) is 6.76. The summed E-state index contributed by atoms with van der Waals surface area (Å²) < 4.78 is 45.4. The number of hydrogen-bond donors (Lipinski definition) is 1. The fourth-order valence-corrected chi connectivity index (χ4v) is 3.64. The lowest BCUT2D eigenvalue weighted by atomic mass is 9.98. The predicted molar refractivity (Wildman–Crippen MR) is 76.8 cm³/mol. The number of sulfonamides is 1. The van der Waals surface area contributed by atoms with Crippen LogP contribution in [0, 0.1) is 12.7 Å². The minimum atomic E-state index is -4.17. The van der Waals surface area contributed by atoms with Crippen LogP contribution in [0.2, 0.25) is 0 Å². The van der Waals surface area contributed by atoms with E-state index in [-0.39, 0.29) is 6.42 Å². The molecule has 0 bridgehead atoms. The zero-order valence-corrected chi connectivity index (χ0v) is 13.4. The zero-order valence-electron chi connectivity index (χ0n) is 12.6. The molecular formula is C14H20FNO4S. The van der Waals surface area contributed by atoms with Crippen molar-refractivity contribution in [3.05, 3.63) is 29.6 Å². The third-order valence-electron chi connectivity index (χ3n) is 3.12. The minimum Gasteiger partial charge on any atom is -0.468 e. The molecule has 0 aliphatic rings. The van der Waals surface area contributed by atoms with Gasteiger partial charge in [-0.1, -0.05) is 19.4 Å². The van der Waals surface area contributed by atoms with Crippen molar-refractivity contribution in [1.82, 2.24) is 4.72 Å². The average Bonchev–Trinajstić information content (AvgIpc) is 2.40. The third-order valence-corrected chi connectivity index (χ3v) is 4.73. The molecule has 1 rings (SSSR count). The second kappa shape index (κ2) is 6.53. The molecule has 1 N–H and O–H groups in total. The van der Waals surface area contributed by atoms with E-state index in [0.717, 1.165) is 6.07 Å². The maximum Gasteiger partial charge on any atom is 0.326 e. The molecule has 0 amide bonds. The molecule has 118 valence electrons. The van der Waals surface area contributed by atoms with Crippen LogP contribution in [0.15, 0.2) is 23.1 Å². The van der Waals surface area contributed by atoms with Crippen molar-refractivity contribution in [3.8, 4) is 0 Å². The number of ether oxygens (including phenoxy) is 1. The Kier molecular flexibility index (Phi) is 5.47. The molecule has 0 fully saturated rings. The first-order valence-corrected chi connectivity index (χ1v) is 8.03. The molecule has 0 aromatic heterocycles. The summed E-state index contributed by atoms with van der Waals surface area (Å²) in [5.74, 6) is -1.57. The minimum absolute atomic E-state index is 0.242. The van der Waals surface area contributed by atoms with Crippen molar-refractivity contribution in [2.45, 2.75) is 44.0 Å². The van der Waals surface area contributed by atoms with Crippen LogP contribution >= 0.6 is 0 Å². The van der Waals surface area contributed by atoms with Gasteiger partial charge in [-0.25, -0.2) is 12.8 Å². The van der Waals surface area contributed by atoms with Gasteiger partial charge >= 0.3 is 5.97 Å². The van der Waals surface area contributed by atoms with E-state index in [1.54, 1.807) is 6.92 Å². The standard InChI is InChI=1S/C14H20FNO4S/c1-5-8-14(3,13(17)20-4)16-21(18,19)12-9-10(2)6-7-11(12)15/h6-7,9,16H,5,8H2,1-4H3. The second-order valence-electron chi connectivity index (χ2n) is 5.11. The van der Waals surface area contributed by atoms with Crippen molar-refractivity contribution in [2.75, 3.05) is 7.11 Å². The molecule has 1 aromatic carbocycles. The molecule has 7 heteroatoms. The van der Waals surface area contributed by atoms with Gasteiger partial charge in [0.15, 0.2) is 0 Å². The van der Waals surface area contributed by atoms with Crippen LogP contribution in [-0.4, -0.2) is 27.0 Å². The smallest absolute Gasteiger partial charge is 0.326 e. The number of methoxy groups -OCH3 is 1. The molecule has 21 heavy (non-hydrogen) atoms. The lowest BCUT2D eigenvalue weighted by molar-refractivity contribution is -0.147. The van der Waals surface area contributed by atoms with Crippen LogP contribution < -0.4 is 4.72 Å². The van der Waals surface area contributed by atoms with Crippen molar-refractivity contribution < 1.29 is 22.3 Å². The van der Waals surface area contributed by atoms with Gasteiger partial charge in [-0.2, -0.15) is 4.72 Å². The molecule has 0 aliphatic carbocycles. The summed E-state index contributed by atoms with van der Waals surface area (Å²) in [5.41, 5.74) is -0.828. The number of carbonyl (C=O) groups excluding carboxylic acids is 1. The van der Waals surface area contributed by atoms with E-state index < -0.39 is 32.2 Å². The predicted octanol–water partition coefficient (Wildman–Crippen LogP) is 2.14. The number of halogens is 1. The summed E-state index contributed by atoms with van der Waals surface area (Å²) in [6.07, 6.45) is 0.802. The number of nitrogens with one attached hydrogen (secondary N) is 1. The van der Waals surface area contributed by atoms with Crippen LogP contribution in [0.3, 0.4) is 0 Å². The van der Waals surface area contributed by atoms with Gasteiger partial charge in [0, 0.05) is 0 Å². The Morgan fingerprint density at radius 3 is 2.57 bits per heavy atom. The average molecular weight is 317 g/mol. The van der Waals surface area contributed by atoms with Crippen LogP contribution in [0.25, 0.3) is 0 Å². The first-order chi connectivity index (χ1) is 9.66. The fraction of sp³-hybridized carbons (Fsp3) is 0.500. The number of benzene rings is 1. The van der Waals surface area contributed by atoms with E-state index in [9.17, 15) is 17.6 Å². The van der Waals surface area contributed by atoms with Crippen LogP contribution in [-0.2, 0) is 19.6 Å². The Balaban J connectivity index is 3.24. The molecule has 0 heterocycles. The molecule has 0 aliphatic heterocycles. The number of esters is 1. The number of hydrogen-bond acceptors (Lipinski definition) is 4. The SMILES string of the molecule is CCCC(C)(NS(=O)(=O)c1cc(C)ccc1F)C(=O)OC. The topological polar surface area (TPSA) is 72.5 Å². The molecule has 0 spiro atoms. The van der Waals surface area contributed by atoms with Gasteiger partial charge in [0.1, 0.15) is 16.3 Å². The van der Waals surface area contributed by atoms with Crippen molar-refractivity contribution >= 4 is 16.0 Å². The first kappa shape index (κ1) is 17.6. The fourth-order valence-electron chi connectivity index (χ4n) is 2.09. The van der Waals surface area contributed by atoms with Gasteiger partial charge in [0.05, 0.1) is 7.11 Å². The van der Waals surface area contributed by atoms with Gasteiger partial charge in [-0.05, 0) is 38.0 Å². The molecule has 5 nitrogen and oxygen atoms in total. The van der Waals surface area contributed by atoms with E-state index in [0.29, 0.717) is 12.0 Å². The number of carbonyl (C=O) groups is 1. The number of rotatable bonds is 6. The molecule has 1 unspecified atom stereocenters. The highest BCUT2D eigenvalue weighted by atomic mass is 32.2. The van der Waals surface area contributed by atoms with E-state index >= 15 is 0 Å². The molecule has 0 saturated carbocycles. The van der Waals surface area contributed by atoms with Crippen LogP contribution in [0.1, 0.15) is 32.3 Å². The van der Waals surface area contributed by atoms with E-state index in [2.05, 4.69) is 9.46 Å². The van der Waals surface area contributed by atoms with E-state index in [1.807, 2.05) is 6.92 Å². The highest BCUT2D eigenvalue weighted by Crippen LogP contribution is 2.21. The van der Waals surface area contributed by atoms with E-state index in [1.165, 1.54) is 26.2 Å². The van der Waals surface area contributed by atoms with Crippen molar-refractivity contribution in [2.24, 2.45) is 0 Å². The lowest BCUT2D eigenvalue weighted by Gasteiger charge is -2.27. The summed E-state index contributed by atoms with van der Waals surface area (Å²) in [7, 11) is -3.00. The summed E-state index contributed by atoms with van der Waals surface area (Å²) in [6.45, 7) is 4.89. The van der Waals surface area contributed by atoms with Crippen molar-refractivity contribution in [3.63, 3.8) is 0 Å². The van der Waals surface area contributed by atoms with Gasteiger partial charge in [-0.3, -0.25) is 4.79 Å². The molecule has 1 aromatic rings. The monoisotopic (exact) mass is 317 g/mol. The lowest BCUT2D eigenvalue weighted by Crippen LogP contribution is -2.52. The van der Waals surface area contributed by atoms with Gasteiger partial charge < -0.3 is 4.74 Å². The molecular weight excluding hydrogens is 297 g/mol. The summed E-state index contributed by atoms with van der Waals surface area (Å²) in [6, 6.07) is 3.78. The van der Waals surface area contributed by atoms with Crippen LogP contribution in [0.4, 0.5) is 4.39 Å². The largest absolute Gasteiger partial charge is 0.468 e. The summed E-state index contributed by atoms with van der Waals surface area (Å²) >= 11 is 0. The quantitative estimate of drug-likeness (QED) is 0.816. The molecule has 0 radical (unpaired) electrons. The Labute approximate surface area is 124 Å². The van der Waals surface area contributed by atoms with Crippen LogP contribution in [0.5, 0.6) is 0 Å². The Bertz CT molecular complexity index is 630. The van der Waals surface area contributed by atoms with Crippen molar-refractivity contribution in [1.29, 1.82) is 0 Å². The molecule has 0 saturated heterocycles. The zero-order chi connectivity index (χ0) is 16.3. The normalized spacial score (nSPS) is 14.5. The highest BCUT2D eigenvalue weighted by molar-refractivity contribution is 7.89. The first-order valence-electron chi connectivity index (χ1n) is 6.55. The highest BCUT2D eigenvalue weighted by Gasteiger charge is 2.38. The Morgan fingerprint density at radius 2 is 2.05 bits per heavy atom. The Hall–Kier alpha value is -1.47. The maximum atomic E-state index is 13.8. The van der Waals surface area contributed by atoms with E-state index in [4.69, 9.17) is 0 Å². The third kappa shape index (κ3) is 4.01. The Morgan fingerprint density at radius 1 is 1.43 bits per heavy atom. The summed E-state index contributed by atoms with van der Waals surface area (Å²) in [5, 5.41) is 0. The van der Waals surface area contributed by atoms with Gasteiger partial charge in [0.25, 0.3) is 0 Å². The maximum absolute atomic E-state index is 13.8. The van der Waals surface area contributed by atoms with Gasteiger partial charge in [-0.15, -0.1) is 0 Å².